The first-order chi connectivity index (χ1) is 19.6. The molecule has 1 N–H and O–H groups in total. The normalized spacial score (nSPS) is 18.4. The van der Waals surface area contributed by atoms with E-state index in [9.17, 15) is 9.59 Å². The number of hydrogen-bond donors (Lipinski definition) is 1. The van der Waals surface area contributed by atoms with E-state index in [1.165, 1.54) is 13.8 Å². The molecule has 0 saturated heterocycles. The zero-order valence-corrected chi connectivity index (χ0v) is 28.3. The first-order valence-corrected chi connectivity index (χ1v) is 14.9. The molecule has 2 aromatic rings. The van der Waals surface area contributed by atoms with Crippen LogP contribution in [0.2, 0.25) is 20.1 Å². The second-order valence-electron chi connectivity index (χ2n) is 9.53. The largest absolute Gasteiger partial charge is 1.00 e. The third-order valence-corrected chi connectivity index (χ3v) is 8.48. The van der Waals surface area contributed by atoms with Crippen LogP contribution in [0.1, 0.15) is 27.7 Å². The maximum atomic E-state index is 11.5. The smallest absolute Gasteiger partial charge is 0.302 e. The van der Waals surface area contributed by atoms with Crippen molar-refractivity contribution in [3.8, 4) is 0 Å². The molecule has 228 valence electrons. The van der Waals surface area contributed by atoms with Crippen LogP contribution in [0.4, 0.5) is 22.7 Å². The maximum Gasteiger partial charge on any atom is 0.302 e. The SMILES string of the molecule is CCN1C(=CC=CC2N(CC)c3cc(Cl)c(Cl)cc3[NH+]2CCOC(C)=O)N(CCOC(C)=O)c2cc(Cl)c(Cl)cc21.[Br-]. The average molecular weight is 723 g/mol. The van der Waals surface area contributed by atoms with Gasteiger partial charge < -0.3 is 41.2 Å². The molecular weight excluding hydrogens is 690 g/mol. The molecule has 0 aliphatic carbocycles. The first-order valence-electron chi connectivity index (χ1n) is 13.4. The number of hydrogen-bond acceptors (Lipinski definition) is 7. The average Bonchev–Trinajstić information content (AvgIpc) is 3.34. The van der Waals surface area contributed by atoms with Crippen LogP contribution >= 0.6 is 46.4 Å². The highest BCUT2D eigenvalue weighted by molar-refractivity contribution is 6.43. The molecule has 2 aliphatic heterocycles. The monoisotopic (exact) mass is 720 g/mol. The number of halogens is 5. The van der Waals surface area contributed by atoms with Crippen molar-refractivity contribution in [1.82, 2.24) is 0 Å². The Bertz CT molecular complexity index is 1390. The van der Waals surface area contributed by atoms with Gasteiger partial charge in [0, 0.05) is 33.0 Å². The van der Waals surface area contributed by atoms with Gasteiger partial charge in [0.05, 0.1) is 38.0 Å². The first kappa shape index (κ1) is 34.4. The Labute approximate surface area is 277 Å². The highest BCUT2D eigenvalue weighted by Gasteiger charge is 2.39. The Hall–Kier alpha value is -2.14. The van der Waals surface area contributed by atoms with Gasteiger partial charge in [-0.15, -0.1) is 0 Å². The lowest BCUT2D eigenvalue weighted by atomic mass is 10.2. The van der Waals surface area contributed by atoms with Crippen molar-refractivity contribution in [3.05, 3.63) is 68.4 Å². The van der Waals surface area contributed by atoms with Crippen LogP contribution in [0.3, 0.4) is 0 Å². The number of quaternary nitrogens is 1. The predicted molar refractivity (Wildman–Crippen MR) is 166 cm³/mol. The van der Waals surface area contributed by atoms with Crippen molar-refractivity contribution in [2.24, 2.45) is 0 Å². The van der Waals surface area contributed by atoms with Gasteiger partial charge in [-0.3, -0.25) is 14.5 Å². The molecule has 2 atom stereocenters. The lowest BCUT2D eigenvalue weighted by molar-refractivity contribution is -0.846. The Morgan fingerprint density at radius 2 is 1.38 bits per heavy atom. The van der Waals surface area contributed by atoms with E-state index in [1.54, 1.807) is 0 Å². The van der Waals surface area contributed by atoms with Gasteiger partial charge in [0.25, 0.3) is 0 Å². The minimum atomic E-state index is -0.339. The second kappa shape index (κ2) is 15.0. The van der Waals surface area contributed by atoms with Gasteiger partial charge in [0.15, 0.2) is 11.9 Å². The van der Waals surface area contributed by atoms with Gasteiger partial charge in [0.1, 0.15) is 31.3 Å². The minimum absolute atomic E-state index is 0. The molecule has 2 aromatic carbocycles. The molecule has 0 bridgehead atoms. The summed E-state index contributed by atoms with van der Waals surface area (Å²) in [5.74, 6) is 0.237. The third kappa shape index (κ3) is 7.31. The molecule has 0 aromatic heterocycles. The number of carbonyl (C=O) groups is 2. The molecule has 0 fully saturated rings. The topological polar surface area (TPSA) is 66.8 Å². The summed E-state index contributed by atoms with van der Waals surface area (Å²) in [6.45, 7) is 9.80. The summed E-state index contributed by atoms with van der Waals surface area (Å²) in [5, 5.41) is 1.87. The molecule has 0 amide bonds. The summed E-state index contributed by atoms with van der Waals surface area (Å²) in [6, 6.07) is 7.46. The van der Waals surface area contributed by atoms with Gasteiger partial charge in [-0.1, -0.05) is 52.5 Å². The van der Waals surface area contributed by atoms with E-state index >= 15 is 0 Å². The standard InChI is InChI=1S/C29H32Cl4N4O4.BrH/c1-5-34-24-14-20(30)22(32)16-26(24)36(10-12-40-18(3)38)28(34)8-7-9-29-35(6-2)25-15-21(31)23(33)17-27(25)37(29)11-13-41-19(4)39;/h7-9,14-17,28H,5-6,10-13H2,1-4H3;1H. The molecule has 2 unspecified atom stereocenters. The van der Waals surface area contributed by atoms with Crippen LogP contribution in [0.25, 0.3) is 0 Å². The van der Waals surface area contributed by atoms with Crippen LogP contribution < -0.4 is 36.6 Å². The lowest BCUT2D eigenvalue weighted by Gasteiger charge is -2.26. The molecule has 4 rings (SSSR count). The molecular formula is C29H33BrCl4N4O4. The summed E-state index contributed by atoms with van der Waals surface area (Å²) in [7, 11) is 0. The number of likely N-dealkylation sites (N-methyl/N-ethyl adjacent to an activating group) is 1. The minimum Gasteiger partial charge on any atom is -1.00 e. The number of fused-ring (bicyclic) bond motifs is 2. The molecule has 42 heavy (non-hydrogen) atoms. The number of benzene rings is 2. The molecule has 2 heterocycles. The van der Waals surface area contributed by atoms with E-state index in [4.69, 9.17) is 55.9 Å². The Morgan fingerprint density at radius 1 is 0.833 bits per heavy atom. The quantitative estimate of drug-likeness (QED) is 0.379. The number of nitrogens with zero attached hydrogens (tertiary/aromatic N) is 3. The summed E-state index contributed by atoms with van der Waals surface area (Å²) in [6.07, 6.45) is 6.05. The van der Waals surface area contributed by atoms with E-state index < -0.39 is 0 Å². The predicted octanol–water partition coefficient (Wildman–Crippen LogP) is 2.86. The Kier molecular flexibility index (Phi) is 12.3. The van der Waals surface area contributed by atoms with Gasteiger partial charge in [0.2, 0.25) is 0 Å². The summed E-state index contributed by atoms with van der Waals surface area (Å²) in [4.78, 5) is 30.5. The molecule has 2 aliphatic rings. The highest BCUT2D eigenvalue weighted by Crippen LogP contribution is 2.45. The van der Waals surface area contributed by atoms with Crippen molar-refractivity contribution < 1.29 is 40.9 Å². The van der Waals surface area contributed by atoms with Crippen LogP contribution in [0.15, 0.2) is 48.3 Å². The maximum absolute atomic E-state index is 11.5. The molecule has 0 spiro atoms. The van der Waals surface area contributed by atoms with Gasteiger partial charge >= 0.3 is 11.9 Å². The third-order valence-electron chi connectivity index (χ3n) is 7.03. The molecule has 8 nitrogen and oxygen atoms in total. The number of nitrogens with one attached hydrogen (secondary N) is 1. The van der Waals surface area contributed by atoms with Crippen LogP contribution in [-0.4, -0.2) is 57.5 Å². The van der Waals surface area contributed by atoms with Crippen LogP contribution in [0, 0.1) is 0 Å². The van der Waals surface area contributed by atoms with Crippen molar-refractivity contribution in [1.29, 1.82) is 0 Å². The zero-order chi connectivity index (χ0) is 29.8. The number of esters is 2. The number of ether oxygens (including phenoxy) is 2. The van der Waals surface area contributed by atoms with Crippen molar-refractivity contribution in [2.45, 2.75) is 33.9 Å². The van der Waals surface area contributed by atoms with Crippen LogP contribution in [-0.2, 0) is 19.1 Å². The molecule has 0 radical (unpaired) electrons. The van der Waals surface area contributed by atoms with Crippen molar-refractivity contribution in [3.63, 3.8) is 0 Å². The van der Waals surface area contributed by atoms with Gasteiger partial charge in [-0.2, -0.15) is 0 Å². The summed E-state index contributed by atoms with van der Waals surface area (Å²) < 4.78 is 10.5. The van der Waals surface area contributed by atoms with E-state index in [-0.39, 0.29) is 48.3 Å². The lowest BCUT2D eigenvalue weighted by Crippen LogP contribution is -3.11. The van der Waals surface area contributed by atoms with E-state index in [2.05, 4.69) is 34.6 Å². The fourth-order valence-corrected chi connectivity index (χ4v) is 5.97. The molecule has 0 saturated carbocycles. The Balaban J connectivity index is 0.00000484. The second-order valence-corrected chi connectivity index (χ2v) is 11.2. The van der Waals surface area contributed by atoms with E-state index in [0.29, 0.717) is 39.7 Å². The van der Waals surface area contributed by atoms with Gasteiger partial charge in [-0.05, 0) is 44.2 Å². The molecule has 13 heteroatoms. The van der Waals surface area contributed by atoms with Crippen molar-refractivity contribution >= 4 is 81.1 Å². The highest BCUT2D eigenvalue weighted by atomic mass is 79.9. The summed E-state index contributed by atoms with van der Waals surface area (Å²) in [5.41, 5.74) is 3.78. The number of anilines is 3. The van der Waals surface area contributed by atoms with Crippen molar-refractivity contribution in [2.75, 3.05) is 54.1 Å². The van der Waals surface area contributed by atoms with E-state index in [1.807, 2.05) is 36.4 Å². The van der Waals surface area contributed by atoms with Gasteiger partial charge in [-0.25, -0.2) is 0 Å². The number of carbonyl (C=O) groups excluding carboxylic acids is 2. The summed E-state index contributed by atoms with van der Waals surface area (Å²) >= 11 is 25.6. The zero-order valence-electron chi connectivity index (χ0n) is 23.7. The van der Waals surface area contributed by atoms with Crippen LogP contribution in [0.5, 0.6) is 0 Å². The Morgan fingerprint density at radius 3 is 1.95 bits per heavy atom. The number of rotatable bonds is 10. The number of allylic oxidation sites excluding steroid dienone is 2. The van der Waals surface area contributed by atoms with E-state index in [0.717, 1.165) is 40.0 Å². The fraction of sp³-hybridized carbons (Fsp3) is 0.379. The fourth-order valence-electron chi connectivity index (χ4n) is 5.33.